The molecule has 1 aliphatic heterocycles. The number of ether oxygens (including phenoxy) is 3. The molecule has 0 radical (unpaired) electrons. The summed E-state index contributed by atoms with van der Waals surface area (Å²) in [6, 6.07) is 25.5. The Morgan fingerprint density at radius 1 is 0.895 bits per heavy atom. The van der Waals surface area contributed by atoms with Crippen molar-refractivity contribution in [2.45, 2.75) is 31.8 Å². The summed E-state index contributed by atoms with van der Waals surface area (Å²) in [5.74, 6) is -0.339. The van der Waals surface area contributed by atoms with Gasteiger partial charge in [-0.2, -0.15) is 0 Å². The first kappa shape index (κ1) is 25.3. The van der Waals surface area contributed by atoms with Crippen molar-refractivity contribution in [3.8, 4) is 11.5 Å². The Morgan fingerprint density at radius 3 is 2.29 bits per heavy atom. The highest BCUT2D eigenvalue weighted by Gasteiger charge is 2.45. The van der Waals surface area contributed by atoms with Gasteiger partial charge in [0.1, 0.15) is 12.4 Å². The van der Waals surface area contributed by atoms with Crippen LogP contribution in [0, 0.1) is 5.92 Å². The first-order valence-corrected chi connectivity index (χ1v) is 12.7. The highest BCUT2D eigenvalue weighted by molar-refractivity contribution is 5.96. The molecule has 1 N–H and O–H groups in total. The fourth-order valence-corrected chi connectivity index (χ4v) is 5.46. The average molecular weight is 510 g/mol. The van der Waals surface area contributed by atoms with Crippen molar-refractivity contribution in [3.63, 3.8) is 0 Å². The lowest BCUT2D eigenvalue weighted by Crippen LogP contribution is -2.41. The summed E-state index contributed by atoms with van der Waals surface area (Å²) in [4.78, 5) is 26.7. The molecule has 0 fully saturated rings. The predicted octanol–water partition coefficient (Wildman–Crippen LogP) is 5.66. The lowest BCUT2D eigenvalue weighted by atomic mass is 9.68. The normalized spacial score (nSPS) is 20.7. The topological polar surface area (TPSA) is 73.9 Å². The van der Waals surface area contributed by atoms with E-state index in [9.17, 15) is 9.59 Å². The van der Waals surface area contributed by atoms with Gasteiger partial charge in [-0.25, -0.2) is 4.79 Å². The smallest absolute Gasteiger partial charge is 0.336 e. The Bertz CT molecular complexity index is 1390. The third-order valence-electron chi connectivity index (χ3n) is 7.28. The van der Waals surface area contributed by atoms with Crippen molar-refractivity contribution in [1.29, 1.82) is 0 Å². The standard InChI is InChI=1S/C32H31NO5/c1-20-29(32(35)37-3)30(31-25(33-20)16-24(17-26(31)34)22-12-8-5-9-13-22)23-14-15-27(28(18-23)36-2)38-19-21-10-6-4-7-11-21/h4-16,18,24,30-31,33H,17,19H2,1-3H3. The van der Waals surface area contributed by atoms with Gasteiger partial charge in [-0.3, -0.25) is 4.79 Å². The zero-order valence-electron chi connectivity index (χ0n) is 21.8. The molecular formula is C32H31NO5. The van der Waals surface area contributed by atoms with Crippen molar-refractivity contribution in [2.24, 2.45) is 5.92 Å². The molecule has 3 aromatic carbocycles. The van der Waals surface area contributed by atoms with Crippen molar-refractivity contribution in [1.82, 2.24) is 5.32 Å². The van der Waals surface area contributed by atoms with Crippen LogP contribution >= 0.6 is 0 Å². The van der Waals surface area contributed by atoms with E-state index in [0.717, 1.165) is 22.4 Å². The third-order valence-corrected chi connectivity index (χ3v) is 7.28. The predicted molar refractivity (Wildman–Crippen MR) is 145 cm³/mol. The van der Waals surface area contributed by atoms with Crippen LogP contribution in [0.25, 0.3) is 0 Å². The fourth-order valence-electron chi connectivity index (χ4n) is 5.46. The first-order chi connectivity index (χ1) is 18.5. The molecule has 0 saturated carbocycles. The summed E-state index contributed by atoms with van der Waals surface area (Å²) < 4.78 is 16.9. The number of hydrogen-bond acceptors (Lipinski definition) is 6. The first-order valence-electron chi connectivity index (χ1n) is 12.7. The van der Waals surface area contributed by atoms with Crippen LogP contribution in [0.15, 0.2) is 102 Å². The van der Waals surface area contributed by atoms with E-state index < -0.39 is 17.8 Å². The van der Waals surface area contributed by atoms with Gasteiger partial charge in [0.25, 0.3) is 0 Å². The van der Waals surface area contributed by atoms with Crippen LogP contribution in [-0.2, 0) is 20.9 Å². The molecule has 6 heteroatoms. The number of benzene rings is 3. The molecule has 3 unspecified atom stereocenters. The summed E-state index contributed by atoms with van der Waals surface area (Å²) in [5.41, 5.74) is 4.85. The number of nitrogens with one attached hydrogen (secondary N) is 1. The summed E-state index contributed by atoms with van der Waals surface area (Å²) in [6.07, 6.45) is 2.49. The third kappa shape index (κ3) is 4.94. The summed E-state index contributed by atoms with van der Waals surface area (Å²) in [7, 11) is 2.95. The monoisotopic (exact) mass is 509 g/mol. The van der Waals surface area contributed by atoms with Crippen LogP contribution < -0.4 is 14.8 Å². The Balaban J connectivity index is 1.53. The molecule has 0 amide bonds. The van der Waals surface area contributed by atoms with Gasteiger partial charge in [0, 0.05) is 29.7 Å². The quantitative estimate of drug-likeness (QED) is 0.414. The number of allylic oxidation sites excluding steroid dienone is 3. The van der Waals surface area contributed by atoms with Gasteiger partial charge in [-0.15, -0.1) is 0 Å². The van der Waals surface area contributed by atoms with Gasteiger partial charge in [-0.05, 0) is 35.7 Å². The molecule has 5 rings (SSSR count). The van der Waals surface area contributed by atoms with E-state index in [1.165, 1.54) is 7.11 Å². The SMILES string of the molecule is COC(=O)C1=C(C)NC2=CC(c3ccccc3)CC(=O)C2C1c1ccc(OCc2ccccc2)c(OC)c1. The molecule has 0 aromatic heterocycles. The van der Waals surface area contributed by atoms with Crippen molar-refractivity contribution < 1.29 is 23.8 Å². The van der Waals surface area contributed by atoms with E-state index in [-0.39, 0.29) is 11.7 Å². The maximum absolute atomic E-state index is 13.7. The van der Waals surface area contributed by atoms with Gasteiger partial charge in [-0.1, -0.05) is 72.8 Å². The molecule has 0 bridgehead atoms. The molecule has 2 aliphatic rings. The van der Waals surface area contributed by atoms with E-state index in [4.69, 9.17) is 14.2 Å². The second-order valence-corrected chi connectivity index (χ2v) is 9.60. The minimum Gasteiger partial charge on any atom is -0.493 e. The zero-order valence-corrected chi connectivity index (χ0v) is 21.8. The van der Waals surface area contributed by atoms with Crippen LogP contribution in [0.5, 0.6) is 11.5 Å². The highest BCUT2D eigenvalue weighted by atomic mass is 16.5. The molecule has 0 spiro atoms. The number of Topliss-reactive ketones (excluding diaryl/α,β-unsaturated/α-hetero) is 1. The van der Waals surface area contributed by atoms with Crippen LogP contribution in [0.4, 0.5) is 0 Å². The second-order valence-electron chi connectivity index (χ2n) is 9.60. The molecular weight excluding hydrogens is 478 g/mol. The van der Waals surface area contributed by atoms with E-state index in [0.29, 0.717) is 35.8 Å². The van der Waals surface area contributed by atoms with Crippen LogP contribution in [0.3, 0.4) is 0 Å². The van der Waals surface area contributed by atoms with Crippen LogP contribution in [0.2, 0.25) is 0 Å². The number of ketones is 1. The average Bonchev–Trinajstić information content (AvgIpc) is 2.95. The molecule has 1 heterocycles. The van der Waals surface area contributed by atoms with Gasteiger partial charge in [0.15, 0.2) is 11.5 Å². The highest BCUT2D eigenvalue weighted by Crippen LogP contribution is 2.47. The number of esters is 1. The summed E-state index contributed by atoms with van der Waals surface area (Å²) in [6.45, 7) is 2.24. The van der Waals surface area contributed by atoms with E-state index in [1.54, 1.807) is 7.11 Å². The minimum atomic E-state index is -0.534. The number of fused-ring (bicyclic) bond motifs is 1. The Hall–Kier alpha value is -4.32. The molecule has 1 aliphatic carbocycles. The lowest BCUT2D eigenvalue weighted by Gasteiger charge is -2.39. The van der Waals surface area contributed by atoms with Crippen molar-refractivity contribution in [3.05, 3.63) is 119 Å². The lowest BCUT2D eigenvalue weighted by molar-refractivity contribution is -0.136. The van der Waals surface area contributed by atoms with Crippen LogP contribution in [0.1, 0.15) is 41.9 Å². The largest absolute Gasteiger partial charge is 0.493 e. The molecule has 38 heavy (non-hydrogen) atoms. The molecule has 3 atom stereocenters. The van der Waals surface area contributed by atoms with Gasteiger partial charge in [0.05, 0.1) is 25.7 Å². The molecule has 194 valence electrons. The maximum Gasteiger partial charge on any atom is 0.336 e. The Labute approximate surface area is 222 Å². The second kappa shape index (κ2) is 11.0. The van der Waals surface area contributed by atoms with Crippen LogP contribution in [-0.4, -0.2) is 26.0 Å². The van der Waals surface area contributed by atoms with Crippen molar-refractivity contribution in [2.75, 3.05) is 14.2 Å². The van der Waals surface area contributed by atoms with Gasteiger partial charge < -0.3 is 19.5 Å². The summed E-state index contributed by atoms with van der Waals surface area (Å²) in [5, 5.41) is 3.36. The van der Waals surface area contributed by atoms with E-state index in [2.05, 4.69) is 11.4 Å². The molecule has 6 nitrogen and oxygen atoms in total. The fraction of sp³-hybridized carbons (Fsp3) is 0.250. The Morgan fingerprint density at radius 2 is 1.61 bits per heavy atom. The molecule has 0 saturated heterocycles. The van der Waals surface area contributed by atoms with Gasteiger partial charge >= 0.3 is 5.97 Å². The number of methoxy groups -OCH3 is 2. The van der Waals surface area contributed by atoms with Crippen molar-refractivity contribution >= 4 is 11.8 Å². The number of carbonyl (C=O) groups excluding carboxylic acids is 2. The minimum absolute atomic E-state index is 0.0288. The summed E-state index contributed by atoms with van der Waals surface area (Å²) >= 11 is 0. The van der Waals surface area contributed by atoms with E-state index in [1.807, 2.05) is 85.8 Å². The molecule has 3 aromatic rings. The zero-order chi connectivity index (χ0) is 26.6. The Kier molecular flexibility index (Phi) is 7.31. The number of hydrogen-bond donors (Lipinski definition) is 1. The van der Waals surface area contributed by atoms with E-state index >= 15 is 0 Å². The van der Waals surface area contributed by atoms with Gasteiger partial charge in [0.2, 0.25) is 0 Å². The number of rotatable bonds is 7. The number of carbonyl (C=O) groups is 2. The maximum atomic E-state index is 13.7.